The van der Waals surface area contributed by atoms with E-state index >= 15 is 0 Å². The van der Waals surface area contributed by atoms with Gasteiger partial charge in [-0.2, -0.15) is 0 Å². The van der Waals surface area contributed by atoms with Crippen LogP contribution in [0, 0.1) is 6.92 Å². The summed E-state index contributed by atoms with van der Waals surface area (Å²) in [7, 11) is 0.949. The molecule has 134 valence electrons. The Morgan fingerprint density at radius 3 is 2.46 bits per heavy atom. The Morgan fingerprint density at radius 2 is 1.77 bits per heavy atom. The van der Waals surface area contributed by atoms with E-state index in [1.807, 2.05) is 0 Å². The highest BCUT2D eigenvalue weighted by Gasteiger charge is 2.27. The lowest BCUT2D eigenvalue weighted by molar-refractivity contribution is 0.937. The molecule has 0 bridgehead atoms. The van der Waals surface area contributed by atoms with E-state index in [1.54, 1.807) is 10.9 Å². The summed E-state index contributed by atoms with van der Waals surface area (Å²) in [6.07, 6.45) is 9.25. The van der Waals surface area contributed by atoms with Crippen molar-refractivity contribution in [2.75, 3.05) is 6.16 Å². The van der Waals surface area contributed by atoms with E-state index < -0.39 is 0 Å². The highest BCUT2D eigenvalue weighted by atomic mass is 31.1. The predicted octanol–water partition coefficient (Wildman–Crippen LogP) is 6.30. The Labute approximate surface area is 160 Å². The molecule has 4 rings (SSSR count). The lowest BCUT2D eigenvalue weighted by Crippen LogP contribution is -2.08. The van der Waals surface area contributed by atoms with Crippen LogP contribution in [-0.4, -0.2) is 6.16 Å². The first-order valence-electron chi connectivity index (χ1n) is 9.97. The fourth-order valence-corrected chi connectivity index (χ4v) is 6.19. The second-order valence-corrected chi connectivity index (χ2v) is 9.07. The molecule has 2 aromatic carbocycles. The van der Waals surface area contributed by atoms with E-state index in [2.05, 4.69) is 70.2 Å². The van der Waals surface area contributed by atoms with Crippen LogP contribution >= 0.6 is 8.58 Å². The standard InChI is InChI=1S/C25H29P/c1-5-18-9-10-21(13-19(18)6-2)24-15-26-25-17(4)12-22(14-23(24)25)20-8-7-16(3)11-20/h7-10,12-14,24,26H,5-6,11,15H2,1-4H3. The van der Waals surface area contributed by atoms with Gasteiger partial charge in [-0.25, -0.2) is 0 Å². The lowest BCUT2D eigenvalue weighted by atomic mass is 9.87. The van der Waals surface area contributed by atoms with Crippen LogP contribution < -0.4 is 5.30 Å². The average molecular weight is 360 g/mol. The quantitative estimate of drug-likeness (QED) is 0.561. The minimum absolute atomic E-state index is 0.578. The summed E-state index contributed by atoms with van der Waals surface area (Å²) in [5, 5.41) is 1.62. The lowest BCUT2D eigenvalue weighted by Gasteiger charge is -2.17. The molecule has 1 heterocycles. The molecule has 0 aromatic heterocycles. The van der Waals surface area contributed by atoms with E-state index in [0.717, 1.165) is 27.8 Å². The van der Waals surface area contributed by atoms with Gasteiger partial charge in [0.1, 0.15) is 0 Å². The number of hydrogen-bond acceptors (Lipinski definition) is 0. The second-order valence-electron chi connectivity index (χ2n) is 7.81. The largest absolute Gasteiger partial charge is 0.0888 e. The highest BCUT2D eigenvalue weighted by molar-refractivity contribution is 7.48. The highest BCUT2D eigenvalue weighted by Crippen LogP contribution is 2.42. The van der Waals surface area contributed by atoms with Gasteiger partial charge in [-0.1, -0.05) is 70.5 Å². The third-order valence-electron chi connectivity index (χ3n) is 6.03. The molecule has 2 atom stereocenters. The van der Waals surface area contributed by atoms with Gasteiger partial charge in [0.15, 0.2) is 0 Å². The van der Waals surface area contributed by atoms with Gasteiger partial charge in [0.25, 0.3) is 0 Å². The monoisotopic (exact) mass is 360 g/mol. The summed E-state index contributed by atoms with van der Waals surface area (Å²) in [6, 6.07) is 12.2. The Morgan fingerprint density at radius 1 is 0.962 bits per heavy atom. The molecule has 2 aromatic rings. The smallest absolute Gasteiger partial charge is 0.0136 e. The first-order valence-corrected chi connectivity index (χ1v) is 11.2. The normalized spacial score (nSPS) is 19.6. The summed E-state index contributed by atoms with van der Waals surface area (Å²) in [4.78, 5) is 0. The van der Waals surface area contributed by atoms with Crippen LogP contribution in [0.2, 0.25) is 0 Å². The molecule has 0 saturated carbocycles. The van der Waals surface area contributed by atoms with E-state index in [1.165, 1.54) is 45.1 Å². The van der Waals surface area contributed by atoms with Crippen LogP contribution in [0.5, 0.6) is 0 Å². The van der Waals surface area contributed by atoms with Crippen molar-refractivity contribution in [3.63, 3.8) is 0 Å². The first-order chi connectivity index (χ1) is 12.6. The average Bonchev–Trinajstić information content (AvgIpc) is 3.27. The van der Waals surface area contributed by atoms with Gasteiger partial charge in [-0.3, -0.25) is 0 Å². The Bertz CT molecular complexity index is 914. The molecule has 0 N–H and O–H groups in total. The van der Waals surface area contributed by atoms with Crippen LogP contribution in [0.15, 0.2) is 48.1 Å². The van der Waals surface area contributed by atoms with Crippen LogP contribution in [0.3, 0.4) is 0 Å². The van der Waals surface area contributed by atoms with Crippen LogP contribution in [0.25, 0.3) is 5.57 Å². The van der Waals surface area contributed by atoms with Crippen molar-refractivity contribution in [3.05, 3.63) is 81.4 Å². The number of aryl methyl sites for hydroxylation is 3. The predicted molar refractivity (Wildman–Crippen MR) is 117 cm³/mol. The molecule has 0 fully saturated rings. The van der Waals surface area contributed by atoms with Crippen molar-refractivity contribution < 1.29 is 0 Å². The minimum Gasteiger partial charge on any atom is -0.0888 e. The Kier molecular flexibility index (Phi) is 4.89. The fourth-order valence-electron chi connectivity index (χ4n) is 4.52. The SMILES string of the molecule is CCc1ccc(C2CPc3c(C)cc(C4=CC=C(C)C4)cc32)cc1CC. The van der Waals surface area contributed by atoms with E-state index in [-0.39, 0.29) is 0 Å². The van der Waals surface area contributed by atoms with Crippen LogP contribution in [-0.2, 0) is 12.8 Å². The van der Waals surface area contributed by atoms with Gasteiger partial charge in [0.05, 0.1) is 0 Å². The molecule has 0 amide bonds. The van der Waals surface area contributed by atoms with Crippen molar-refractivity contribution in [1.29, 1.82) is 0 Å². The third-order valence-corrected chi connectivity index (χ3v) is 7.68. The molecule has 1 aliphatic heterocycles. The van der Waals surface area contributed by atoms with Gasteiger partial charge in [-0.15, -0.1) is 0 Å². The first kappa shape index (κ1) is 17.7. The minimum atomic E-state index is 0.578. The van der Waals surface area contributed by atoms with E-state index in [9.17, 15) is 0 Å². The maximum Gasteiger partial charge on any atom is 0.0136 e. The molecule has 0 spiro atoms. The van der Waals surface area contributed by atoms with Gasteiger partial charge < -0.3 is 0 Å². The fraction of sp³-hybridized carbons (Fsp3) is 0.360. The van der Waals surface area contributed by atoms with Gasteiger partial charge in [0.2, 0.25) is 0 Å². The number of allylic oxidation sites excluding steroid dienone is 4. The van der Waals surface area contributed by atoms with Crippen LogP contribution in [0.1, 0.15) is 66.5 Å². The Balaban J connectivity index is 1.74. The molecule has 1 heteroatoms. The van der Waals surface area contributed by atoms with Gasteiger partial charge >= 0.3 is 0 Å². The molecular weight excluding hydrogens is 331 g/mol. The molecule has 2 aliphatic rings. The number of fused-ring (bicyclic) bond motifs is 1. The van der Waals surface area contributed by atoms with Crippen molar-refractivity contribution >= 4 is 19.5 Å². The summed E-state index contributed by atoms with van der Waals surface area (Å²) >= 11 is 0. The molecule has 0 radical (unpaired) electrons. The summed E-state index contributed by atoms with van der Waals surface area (Å²) in [5.41, 5.74) is 12.0. The molecule has 1 aliphatic carbocycles. The van der Waals surface area contributed by atoms with E-state index in [0.29, 0.717) is 5.92 Å². The van der Waals surface area contributed by atoms with Gasteiger partial charge in [-0.05, 0) is 83.5 Å². The summed E-state index contributed by atoms with van der Waals surface area (Å²) in [5.74, 6) is 0.578. The van der Waals surface area contributed by atoms with Gasteiger partial charge in [0, 0.05) is 5.92 Å². The van der Waals surface area contributed by atoms with Crippen molar-refractivity contribution in [1.82, 2.24) is 0 Å². The molecular formula is C25H29P. The zero-order chi connectivity index (χ0) is 18.3. The Hall–Kier alpha value is -1.65. The van der Waals surface area contributed by atoms with Crippen molar-refractivity contribution in [2.24, 2.45) is 0 Å². The zero-order valence-electron chi connectivity index (χ0n) is 16.4. The molecule has 26 heavy (non-hydrogen) atoms. The third kappa shape index (κ3) is 3.10. The van der Waals surface area contributed by atoms with E-state index in [4.69, 9.17) is 0 Å². The van der Waals surface area contributed by atoms with Crippen molar-refractivity contribution in [3.8, 4) is 0 Å². The second kappa shape index (κ2) is 7.16. The maximum absolute atomic E-state index is 2.50. The molecule has 0 saturated heterocycles. The summed E-state index contributed by atoms with van der Waals surface area (Å²) < 4.78 is 0. The summed E-state index contributed by atoms with van der Waals surface area (Å²) in [6.45, 7) is 9.09. The topological polar surface area (TPSA) is 0 Å². The van der Waals surface area contributed by atoms with Crippen LogP contribution in [0.4, 0.5) is 0 Å². The maximum atomic E-state index is 2.50. The number of hydrogen-bond donors (Lipinski definition) is 0. The zero-order valence-corrected chi connectivity index (χ0v) is 17.4. The van der Waals surface area contributed by atoms with Crippen molar-refractivity contribution in [2.45, 2.75) is 52.9 Å². The number of benzene rings is 2. The molecule has 2 unspecified atom stereocenters. The molecule has 0 nitrogen and oxygen atoms in total. The number of rotatable bonds is 4.